The maximum Gasteiger partial charge on any atom is 0.124 e. The van der Waals surface area contributed by atoms with Crippen LogP contribution in [-0.2, 0) is 6.42 Å². The molecule has 0 spiro atoms. The van der Waals surface area contributed by atoms with Gasteiger partial charge in [0.1, 0.15) is 5.03 Å². The number of aromatic nitrogens is 2. The molecule has 0 unspecified atom stereocenters. The second-order valence-electron chi connectivity index (χ2n) is 4.83. The first-order valence-electron chi connectivity index (χ1n) is 6.80. The van der Waals surface area contributed by atoms with E-state index in [-0.39, 0.29) is 0 Å². The Hall–Kier alpha value is -1.26. The van der Waals surface area contributed by atoms with Crippen LogP contribution in [0.4, 0.5) is 0 Å². The van der Waals surface area contributed by atoms with Crippen molar-refractivity contribution < 1.29 is 0 Å². The van der Waals surface area contributed by atoms with Gasteiger partial charge in [0.2, 0.25) is 0 Å². The summed E-state index contributed by atoms with van der Waals surface area (Å²) in [6.07, 6.45) is 0.620. The van der Waals surface area contributed by atoms with Gasteiger partial charge in [-0.15, -0.1) is 5.10 Å². The van der Waals surface area contributed by atoms with E-state index in [0.717, 1.165) is 26.2 Å². The molecule has 0 N–H and O–H groups in total. The van der Waals surface area contributed by atoms with Crippen molar-refractivity contribution in [3.63, 3.8) is 0 Å². The largest absolute Gasteiger partial charge is 0.154 e. The molecule has 1 heterocycles. The van der Waals surface area contributed by atoms with Crippen LogP contribution in [0, 0.1) is 0 Å². The van der Waals surface area contributed by atoms with E-state index in [1.54, 1.807) is 17.8 Å². The Bertz CT molecular complexity index is 805. The van der Waals surface area contributed by atoms with Gasteiger partial charge < -0.3 is 0 Å². The normalized spacial score (nSPS) is 10.7. The number of nitrogens with zero attached hydrogens (tertiary/aromatic N) is 2. The van der Waals surface area contributed by atoms with Crippen LogP contribution in [0.2, 0.25) is 15.1 Å². The molecule has 0 aliphatic heterocycles. The predicted octanol–water partition coefficient (Wildman–Crippen LogP) is 6.18. The van der Waals surface area contributed by atoms with Crippen molar-refractivity contribution in [1.29, 1.82) is 0 Å². The second kappa shape index (κ2) is 7.54. The Morgan fingerprint density at radius 3 is 2.17 bits per heavy atom. The van der Waals surface area contributed by atoms with Crippen molar-refractivity contribution in [2.24, 2.45) is 0 Å². The van der Waals surface area contributed by atoms with Crippen molar-refractivity contribution >= 4 is 46.6 Å². The lowest BCUT2D eigenvalue weighted by Gasteiger charge is -2.05. The standard InChI is InChI=1S/C17H11Cl3N2S/c18-12-3-6-15(7-4-12)23-17-8-5-14(21-22-17)9-11-1-2-13(19)10-16(11)20/h1-8,10H,9H2. The molecule has 0 bridgehead atoms. The minimum Gasteiger partial charge on any atom is -0.154 e. The summed E-state index contributed by atoms with van der Waals surface area (Å²) in [6.45, 7) is 0. The molecule has 0 saturated heterocycles. The summed E-state index contributed by atoms with van der Waals surface area (Å²) >= 11 is 19.5. The van der Waals surface area contributed by atoms with Gasteiger partial charge in [-0.25, -0.2) is 0 Å². The molecule has 0 atom stereocenters. The molecule has 3 rings (SSSR count). The van der Waals surface area contributed by atoms with E-state index in [1.807, 2.05) is 48.5 Å². The summed E-state index contributed by atoms with van der Waals surface area (Å²) in [4.78, 5) is 1.07. The highest BCUT2D eigenvalue weighted by Gasteiger charge is 2.06. The van der Waals surface area contributed by atoms with Crippen LogP contribution in [0.15, 0.2) is 64.5 Å². The van der Waals surface area contributed by atoms with Gasteiger partial charge in [0.25, 0.3) is 0 Å². The Morgan fingerprint density at radius 2 is 1.52 bits per heavy atom. The van der Waals surface area contributed by atoms with Crippen LogP contribution in [0.25, 0.3) is 0 Å². The monoisotopic (exact) mass is 380 g/mol. The molecule has 3 aromatic rings. The van der Waals surface area contributed by atoms with Crippen LogP contribution in [-0.4, -0.2) is 10.2 Å². The lowest BCUT2D eigenvalue weighted by atomic mass is 10.1. The fourth-order valence-electron chi connectivity index (χ4n) is 1.98. The van der Waals surface area contributed by atoms with Crippen LogP contribution >= 0.6 is 46.6 Å². The number of halogens is 3. The molecule has 0 fully saturated rings. The Labute approximate surface area is 153 Å². The molecular formula is C17H11Cl3N2S. The average molecular weight is 382 g/mol. The molecule has 2 nitrogen and oxygen atoms in total. The van der Waals surface area contributed by atoms with Crippen LogP contribution in [0.3, 0.4) is 0 Å². The average Bonchev–Trinajstić information content (AvgIpc) is 2.54. The maximum absolute atomic E-state index is 6.18. The summed E-state index contributed by atoms with van der Waals surface area (Å²) in [5.41, 5.74) is 1.83. The third-order valence-electron chi connectivity index (χ3n) is 3.12. The number of hydrogen-bond donors (Lipinski definition) is 0. The topological polar surface area (TPSA) is 25.8 Å². The minimum atomic E-state index is 0.620. The van der Waals surface area contributed by atoms with Gasteiger partial charge in [-0.3, -0.25) is 0 Å². The van der Waals surface area contributed by atoms with Crippen molar-refractivity contribution in [1.82, 2.24) is 10.2 Å². The Balaban J connectivity index is 1.70. The van der Waals surface area contributed by atoms with Crippen LogP contribution in [0.5, 0.6) is 0 Å². The zero-order chi connectivity index (χ0) is 16.2. The van der Waals surface area contributed by atoms with Crippen LogP contribution in [0.1, 0.15) is 11.3 Å². The number of hydrogen-bond acceptors (Lipinski definition) is 3. The lowest BCUT2D eigenvalue weighted by molar-refractivity contribution is 0.869. The van der Waals surface area contributed by atoms with Gasteiger partial charge >= 0.3 is 0 Å². The summed E-state index contributed by atoms with van der Waals surface area (Å²) in [7, 11) is 0. The van der Waals surface area contributed by atoms with Gasteiger partial charge in [0, 0.05) is 26.4 Å². The molecular weight excluding hydrogens is 371 g/mol. The van der Waals surface area contributed by atoms with E-state index < -0.39 is 0 Å². The summed E-state index contributed by atoms with van der Waals surface area (Å²) in [6, 6.07) is 17.0. The first kappa shape index (κ1) is 16.6. The molecule has 116 valence electrons. The van der Waals surface area contributed by atoms with E-state index >= 15 is 0 Å². The third kappa shape index (κ3) is 4.61. The smallest absolute Gasteiger partial charge is 0.124 e. The van der Waals surface area contributed by atoms with Gasteiger partial charge in [0.15, 0.2) is 0 Å². The molecule has 6 heteroatoms. The summed E-state index contributed by atoms with van der Waals surface area (Å²) < 4.78 is 0. The molecule has 0 amide bonds. The molecule has 23 heavy (non-hydrogen) atoms. The summed E-state index contributed by atoms with van der Waals surface area (Å²) in [5, 5.41) is 11.3. The van der Waals surface area contributed by atoms with E-state index in [9.17, 15) is 0 Å². The fraction of sp³-hybridized carbons (Fsp3) is 0.0588. The zero-order valence-corrected chi connectivity index (χ0v) is 14.9. The Kier molecular flexibility index (Phi) is 5.44. The first-order chi connectivity index (χ1) is 11.1. The highest BCUT2D eigenvalue weighted by atomic mass is 35.5. The highest BCUT2D eigenvalue weighted by molar-refractivity contribution is 7.99. The van der Waals surface area contributed by atoms with Crippen molar-refractivity contribution in [3.8, 4) is 0 Å². The predicted molar refractivity (Wildman–Crippen MR) is 96.9 cm³/mol. The highest BCUT2D eigenvalue weighted by Crippen LogP contribution is 2.27. The molecule has 0 aliphatic carbocycles. The first-order valence-corrected chi connectivity index (χ1v) is 8.75. The van der Waals surface area contributed by atoms with Gasteiger partial charge in [-0.2, -0.15) is 5.10 Å². The van der Waals surface area contributed by atoms with Gasteiger partial charge in [-0.1, -0.05) is 52.6 Å². The van der Waals surface area contributed by atoms with E-state index in [0.29, 0.717) is 16.5 Å². The number of rotatable bonds is 4. The van der Waals surface area contributed by atoms with Crippen molar-refractivity contribution in [2.75, 3.05) is 0 Å². The van der Waals surface area contributed by atoms with Crippen molar-refractivity contribution in [3.05, 3.63) is 80.9 Å². The van der Waals surface area contributed by atoms with Gasteiger partial charge in [-0.05, 0) is 54.1 Å². The lowest BCUT2D eigenvalue weighted by Crippen LogP contribution is -1.96. The summed E-state index contributed by atoms with van der Waals surface area (Å²) in [5.74, 6) is 0. The second-order valence-corrected chi connectivity index (χ2v) is 7.21. The maximum atomic E-state index is 6.18. The molecule has 1 aromatic heterocycles. The molecule has 0 saturated carbocycles. The van der Waals surface area contributed by atoms with Crippen molar-refractivity contribution in [2.45, 2.75) is 16.3 Å². The minimum absolute atomic E-state index is 0.620. The van der Waals surface area contributed by atoms with Gasteiger partial charge in [0.05, 0.1) is 5.69 Å². The van der Waals surface area contributed by atoms with E-state index in [4.69, 9.17) is 34.8 Å². The fourth-order valence-corrected chi connectivity index (χ4v) is 3.31. The molecule has 2 aromatic carbocycles. The number of benzene rings is 2. The van der Waals surface area contributed by atoms with E-state index in [1.165, 1.54) is 0 Å². The van der Waals surface area contributed by atoms with Crippen LogP contribution < -0.4 is 0 Å². The third-order valence-corrected chi connectivity index (χ3v) is 4.89. The SMILES string of the molecule is Clc1ccc(Sc2ccc(Cc3ccc(Cl)cc3Cl)nn2)cc1. The quantitative estimate of drug-likeness (QED) is 0.539. The molecule has 0 aliphatic rings. The van der Waals surface area contributed by atoms with E-state index in [2.05, 4.69) is 10.2 Å². The Morgan fingerprint density at radius 1 is 0.783 bits per heavy atom. The molecule has 0 radical (unpaired) electrons. The zero-order valence-electron chi connectivity index (χ0n) is 11.8.